The summed E-state index contributed by atoms with van der Waals surface area (Å²) in [6.45, 7) is 6.40. The normalized spacial score (nSPS) is 17.8. The van der Waals surface area contributed by atoms with E-state index in [1.54, 1.807) is 19.4 Å². The Balaban J connectivity index is 1.40. The Morgan fingerprint density at radius 1 is 0.930 bits per heavy atom. The second-order valence-electron chi connectivity index (χ2n) is 11.8. The van der Waals surface area contributed by atoms with Crippen molar-refractivity contribution in [1.82, 2.24) is 0 Å². The van der Waals surface area contributed by atoms with Gasteiger partial charge in [-0.05, 0) is 58.5 Å². The lowest BCUT2D eigenvalue weighted by atomic mass is 9.86. The molecule has 2 aliphatic rings. The van der Waals surface area contributed by atoms with E-state index in [0.29, 0.717) is 23.5 Å². The topological polar surface area (TPSA) is 55.2 Å². The summed E-state index contributed by atoms with van der Waals surface area (Å²) in [6, 6.07) is 24.7. The summed E-state index contributed by atoms with van der Waals surface area (Å²) in [5.41, 5.74) is 5.27. The van der Waals surface area contributed by atoms with Gasteiger partial charge in [-0.2, -0.15) is 13.2 Å². The molecule has 1 unspecified atom stereocenters. The third-order valence-electron chi connectivity index (χ3n) is 7.83. The van der Waals surface area contributed by atoms with Crippen LogP contribution in [0.5, 0.6) is 5.75 Å². The quantitative estimate of drug-likeness (QED) is 0.231. The van der Waals surface area contributed by atoms with E-state index in [4.69, 9.17) is 19.5 Å². The number of benzene rings is 4. The largest absolute Gasteiger partial charge is 0.497 e. The summed E-state index contributed by atoms with van der Waals surface area (Å²) in [6.07, 6.45) is -2.37. The zero-order valence-corrected chi connectivity index (χ0v) is 24.4. The fraction of sp³-hybridized carbons (Fsp3) is 0.257. The van der Waals surface area contributed by atoms with Gasteiger partial charge in [0.2, 0.25) is 5.90 Å². The number of hydrogen-bond acceptors (Lipinski definition) is 5. The minimum absolute atomic E-state index is 0.106. The SMILES string of the molecule is COc1ccc(C=Nc2ccccc2C(C)(C)C)c(Nc2ccc(C(F)(F)F)cc2C2=NC3c4ccccc4C[C@H]3O2)c1. The highest BCUT2D eigenvalue weighted by Crippen LogP contribution is 2.43. The van der Waals surface area contributed by atoms with Crippen molar-refractivity contribution in [3.8, 4) is 5.75 Å². The molecule has 43 heavy (non-hydrogen) atoms. The number of aliphatic imine (C=N–C) groups is 2. The van der Waals surface area contributed by atoms with Crippen molar-refractivity contribution in [2.45, 2.75) is 50.9 Å². The molecule has 0 amide bonds. The van der Waals surface area contributed by atoms with Crippen molar-refractivity contribution < 1.29 is 22.6 Å². The van der Waals surface area contributed by atoms with Gasteiger partial charge in [0.15, 0.2) is 0 Å². The second-order valence-corrected chi connectivity index (χ2v) is 11.8. The van der Waals surface area contributed by atoms with Gasteiger partial charge in [-0.3, -0.25) is 4.99 Å². The second kappa shape index (κ2) is 10.9. The summed E-state index contributed by atoms with van der Waals surface area (Å²) in [7, 11) is 1.56. The van der Waals surface area contributed by atoms with Gasteiger partial charge in [0.05, 0.1) is 35.3 Å². The summed E-state index contributed by atoms with van der Waals surface area (Å²) >= 11 is 0. The van der Waals surface area contributed by atoms with Crippen LogP contribution in [0.1, 0.15) is 60.2 Å². The summed E-state index contributed by atoms with van der Waals surface area (Å²) in [4.78, 5) is 9.59. The van der Waals surface area contributed by atoms with Crippen LogP contribution in [0, 0.1) is 0 Å². The first-order valence-corrected chi connectivity index (χ1v) is 14.1. The molecule has 220 valence electrons. The molecule has 6 rings (SSSR count). The fourth-order valence-electron chi connectivity index (χ4n) is 5.62. The summed E-state index contributed by atoms with van der Waals surface area (Å²) < 4.78 is 53.2. The molecule has 1 heterocycles. The van der Waals surface area contributed by atoms with Crippen molar-refractivity contribution >= 4 is 29.2 Å². The number of anilines is 2. The summed E-state index contributed by atoms with van der Waals surface area (Å²) in [5.74, 6) is 0.777. The van der Waals surface area contributed by atoms with Crippen molar-refractivity contribution in [2.24, 2.45) is 9.98 Å². The first-order valence-electron chi connectivity index (χ1n) is 14.1. The lowest BCUT2D eigenvalue weighted by molar-refractivity contribution is -0.137. The van der Waals surface area contributed by atoms with E-state index in [1.807, 2.05) is 54.6 Å². The number of para-hydroxylation sites is 1. The molecule has 0 fully saturated rings. The molecule has 0 aromatic heterocycles. The minimum Gasteiger partial charge on any atom is -0.497 e. The third-order valence-corrected chi connectivity index (χ3v) is 7.83. The van der Waals surface area contributed by atoms with E-state index in [0.717, 1.165) is 40.1 Å². The molecule has 1 N–H and O–H groups in total. The van der Waals surface area contributed by atoms with Crippen molar-refractivity contribution in [3.63, 3.8) is 0 Å². The Morgan fingerprint density at radius 3 is 2.47 bits per heavy atom. The number of halogens is 3. The van der Waals surface area contributed by atoms with Crippen LogP contribution in [0.15, 0.2) is 94.9 Å². The molecule has 0 spiro atoms. The molecular formula is C35H32F3N3O2. The molecular weight excluding hydrogens is 551 g/mol. The number of methoxy groups -OCH3 is 1. The Morgan fingerprint density at radius 2 is 1.70 bits per heavy atom. The highest BCUT2D eigenvalue weighted by atomic mass is 19.4. The van der Waals surface area contributed by atoms with Gasteiger partial charge in [0, 0.05) is 24.3 Å². The maximum absolute atomic E-state index is 13.8. The number of ether oxygens (including phenoxy) is 2. The first kappa shape index (κ1) is 28.5. The summed E-state index contributed by atoms with van der Waals surface area (Å²) in [5, 5.41) is 3.34. The maximum atomic E-state index is 13.8. The van der Waals surface area contributed by atoms with Gasteiger partial charge in [-0.25, -0.2) is 4.99 Å². The van der Waals surface area contributed by atoms with E-state index in [1.165, 1.54) is 6.07 Å². The van der Waals surface area contributed by atoms with Crippen LogP contribution in [0.25, 0.3) is 0 Å². The van der Waals surface area contributed by atoms with Crippen LogP contribution in [0.3, 0.4) is 0 Å². The van der Waals surface area contributed by atoms with Crippen LogP contribution in [0.4, 0.5) is 30.2 Å². The predicted octanol–water partition coefficient (Wildman–Crippen LogP) is 8.95. The molecule has 4 aromatic carbocycles. The molecule has 2 atom stereocenters. The van der Waals surface area contributed by atoms with Gasteiger partial charge < -0.3 is 14.8 Å². The Hall–Kier alpha value is -4.59. The smallest absolute Gasteiger partial charge is 0.416 e. The van der Waals surface area contributed by atoms with E-state index in [2.05, 4.69) is 32.2 Å². The van der Waals surface area contributed by atoms with Crippen LogP contribution in [0.2, 0.25) is 0 Å². The molecule has 0 saturated carbocycles. The highest BCUT2D eigenvalue weighted by molar-refractivity contribution is 6.02. The number of alkyl halides is 3. The van der Waals surface area contributed by atoms with Crippen molar-refractivity contribution in [2.75, 3.05) is 12.4 Å². The lowest BCUT2D eigenvalue weighted by Gasteiger charge is -2.21. The van der Waals surface area contributed by atoms with Gasteiger partial charge >= 0.3 is 6.18 Å². The molecule has 0 radical (unpaired) electrons. The molecule has 8 heteroatoms. The van der Waals surface area contributed by atoms with Crippen LogP contribution >= 0.6 is 0 Å². The van der Waals surface area contributed by atoms with Gasteiger partial charge in [0.1, 0.15) is 17.9 Å². The Kier molecular flexibility index (Phi) is 7.24. The molecule has 5 nitrogen and oxygen atoms in total. The fourth-order valence-corrected chi connectivity index (χ4v) is 5.62. The van der Waals surface area contributed by atoms with Gasteiger partial charge in [-0.1, -0.05) is 63.2 Å². The molecule has 1 aliphatic heterocycles. The number of hydrogen-bond donors (Lipinski definition) is 1. The zero-order valence-electron chi connectivity index (χ0n) is 24.4. The van der Waals surface area contributed by atoms with Crippen LogP contribution in [-0.4, -0.2) is 25.3 Å². The van der Waals surface area contributed by atoms with Crippen molar-refractivity contribution in [1.29, 1.82) is 0 Å². The molecule has 0 saturated heterocycles. The predicted molar refractivity (Wildman–Crippen MR) is 164 cm³/mol. The number of fused-ring (bicyclic) bond motifs is 3. The van der Waals surface area contributed by atoms with Crippen molar-refractivity contribution in [3.05, 3.63) is 118 Å². The Bertz CT molecular complexity index is 1740. The average Bonchev–Trinajstić information content (AvgIpc) is 3.54. The first-order chi connectivity index (χ1) is 20.5. The van der Waals surface area contributed by atoms with Crippen LogP contribution < -0.4 is 10.1 Å². The third kappa shape index (κ3) is 5.74. The van der Waals surface area contributed by atoms with E-state index in [-0.39, 0.29) is 29.0 Å². The van der Waals surface area contributed by atoms with Gasteiger partial charge in [-0.15, -0.1) is 0 Å². The maximum Gasteiger partial charge on any atom is 0.416 e. The number of rotatable bonds is 6. The lowest BCUT2D eigenvalue weighted by Crippen LogP contribution is -2.15. The molecule has 4 aromatic rings. The Labute approximate surface area is 249 Å². The average molecular weight is 584 g/mol. The van der Waals surface area contributed by atoms with Gasteiger partial charge in [0.25, 0.3) is 0 Å². The molecule has 0 bridgehead atoms. The standard InChI is InChI=1S/C35H32F3N3O2/c1-34(2,3)27-11-7-8-12-29(27)39-20-22-13-15-24(42-4)19-30(22)40-28-16-14-23(35(36,37)38)18-26(28)33-41-32-25-10-6-5-9-21(25)17-31(32)43-33/h5-16,18-20,31-32,40H,17H2,1-4H3/t31-,32?/m1/s1. The molecule has 1 aliphatic carbocycles. The zero-order chi connectivity index (χ0) is 30.4. The van der Waals surface area contributed by atoms with E-state index >= 15 is 0 Å². The van der Waals surface area contributed by atoms with E-state index in [9.17, 15) is 13.2 Å². The van der Waals surface area contributed by atoms with Crippen LogP contribution in [-0.2, 0) is 22.7 Å². The number of nitrogens with one attached hydrogen (secondary N) is 1. The monoisotopic (exact) mass is 583 g/mol. The highest BCUT2D eigenvalue weighted by Gasteiger charge is 2.40. The van der Waals surface area contributed by atoms with E-state index < -0.39 is 11.7 Å². The minimum atomic E-state index is -4.52. The number of nitrogens with zero attached hydrogens (tertiary/aromatic N) is 2.